The maximum absolute atomic E-state index is 11.8. The van der Waals surface area contributed by atoms with Gasteiger partial charge < -0.3 is 9.47 Å². The van der Waals surface area contributed by atoms with Crippen LogP contribution in [0.4, 0.5) is 0 Å². The molecule has 0 radical (unpaired) electrons. The maximum Gasteiger partial charge on any atom is 0.306 e. The number of carbonyl (C=O) groups is 2. The summed E-state index contributed by atoms with van der Waals surface area (Å²) in [6.45, 7) is 5.37. The Kier molecular flexibility index (Phi) is 28.3. The van der Waals surface area contributed by atoms with Gasteiger partial charge in [0.25, 0.3) is 0 Å². The number of hydrogen-bond donors (Lipinski definition) is 0. The Morgan fingerprint density at radius 1 is 0.444 bits per heavy atom. The summed E-state index contributed by atoms with van der Waals surface area (Å²) in [6, 6.07) is 0. The molecule has 0 unspecified atom stereocenters. The van der Waals surface area contributed by atoms with Gasteiger partial charge in [0.1, 0.15) is 0 Å². The van der Waals surface area contributed by atoms with Gasteiger partial charge in [0.15, 0.2) is 0 Å². The molecule has 0 rings (SSSR count). The summed E-state index contributed by atoms with van der Waals surface area (Å²) in [5.41, 5.74) is 0. The lowest BCUT2D eigenvalue weighted by molar-refractivity contribution is -0.150. The second-order valence-corrected chi connectivity index (χ2v) is 9.99. The molecule has 0 heterocycles. The van der Waals surface area contributed by atoms with Crippen molar-refractivity contribution < 1.29 is 19.1 Å². The monoisotopic (exact) mass is 506 g/mol. The highest BCUT2D eigenvalue weighted by Gasteiger charge is 2.08. The van der Waals surface area contributed by atoms with Gasteiger partial charge in [-0.2, -0.15) is 0 Å². The number of ether oxygens (including phenoxy) is 2. The number of rotatable bonds is 27. The Hall–Kier alpha value is -1.58. The molecule has 4 nitrogen and oxygen atoms in total. The van der Waals surface area contributed by atoms with Crippen LogP contribution in [0.5, 0.6) is 0 Å². The average Bonchev–Trinajstić information content (AvgIpc) is 2.88. The standard InChI is InChI=1S/C32H58O4/c1-3-5-7-9-11-13-15-17-19-21-23-25-29-35-31(33)27-28-32(34)36-30-26-24-22-20-18-16-14-12-10-8-6-4-2/h17-20H,3-16,21-30H2,1-2H3/b19-17+,20-18+. The summed E-state index contributed by atoms with van der Waals surface area (Å²) in [5, 5.41) is 0. The molecular formula is C32H58O4. The van der Waals surface area contributed by atoms with Crippen molar-refractivity contribution in [3.8, 4) is 0 Å². The summed E-state index contributed by atoms with van der Waals surface area (Å²) in [5.74, 6) is -0.609. The molecule has 0 saturated carbocycles. The zero-order chi connectivity index (χ0) is 26.4. The fraction of sp³-hybridized carbons (Fsp3) is 0.812. The Balaban J connectivity index is 3.39. The third-order valence-electron chi connectivity index (χ3n) is 6.37. The molecule has 0 spiro atoms. The highest BCUT2D eigenvalue weighted by molar-refractivity contribution is 5.77. The third kappa shape index (κ3) is 28.7. The minimum atomic E-state index is -0.305. The Morgan fingerprint density at radius 3 is 1.11 bits per heavy atom. The van der Waals surface area contributed by atoms with E-state index in [1.807, 2.05) is 0 Å². The van der Waals surface area contributed by atoms with Gasteiger partial charge in [0.2, 0.25) is 0 Å². The second-order valence-electron chi connectivity index (χ2n) is 9.99. The second kappa shape index (κ2) is 29.6. The quantitative estimate of drug-likeness (QED) is 0.0632. The van der Waals surface area contributed by atoms with E-state index in [0.29, 0.717) is 13.2 Å². The summed E-state index contributed by atoms with van der Waals surface area (Å²) in [7, 11) is 0. The first-order chi connectivity index (χ1) is 17.7. The number of hydrogen-bond acceptors (Lipinski definition) is 4. The maximum atomic E-state index is 11.8. The van der Waals surface area contributed by atoms with Crippen molar-refractivity contribution in [1.82, 2.24) is 0 Å². The van der Waals surface area contributed by atoms with Crippen molar-refractivity contribution in [2.45, 2.75) is 155 Å². The molecule has 0 aromatic rings. The molecular weight excluding hydrogens is 448 g/mol. The summed E-state index contributed by atoms with van der Waals surface area (Å²) in [6.07, 6.45) is 33.5. The highest BCUT2D eigenvalue weighted by Crippen LogP contribution is 2.09. The molecule has 0 fully saturated rings. The molecule has 0 aromatic carbocycles. The zero-order valence-corrected chi connectivity index (χ0v) is 23.9. The molecule has 0 aliphatic rings. The molecule has 0 atom stereocenters. The predicted octanol–water partition coefficient (Wildman–Crippen LogP) is 9.81. The van der Waals surface area contributed by atoms with E-state index >= 15 is 0 Å². The summed E-state index contributed by atoms with van der Waals surface area (Å²) in [4.78, 5) is 23.6. The van der Waals surface area contributed by atoms with Crippen LogP contribution in [0, 0.1) is 0 Å². The molecule has 0 bridgehead atoms. The smallest absolute Gasteiger partial charge is 0.306 e. The van der Waals surface area contributed by atoms with Gasteiger partial charge in [-0.15, -0.1) is 0 Å². The van der Waals surface area contributed by atoms with E-state index < -0.39 is 0 Å². The van der Waals surface area contributed by atoms with Crippen molar-refractivity contribution in [3.05, 3.63) is 24.3 Å². The van der Waals surface area contributed by atoms with E-state index in [2.05, 4.69) is 38.2 Å². The van der Waals surface area contributed by atoms with Gasteiger partial charge >= 0.3 is 11.9 Å². The average molecular weight is 507 g/mol. The van der Waals surface area contributed by atoms with Crippen molar-refractivity contribution in [2.24, 2.45) is 0 Å². The van der Waals surface area contributed by atoms with Crippen LogP contribution in [-0.2, 0) is 19.1 Å². The van der Waals surface area contributed by atoms with Crippen LogP contribution < -0.4 is 0 Å². The lowest BCUT2D eigenvalue weighted by Crippen LogP contribution is -2.11. The number of allylic oxidation sites excluding steroid dienone is 4. The van der Waals surface area contributed by atoms with Crippen LogP contribution in [0.15, 0.2) is 24.3 Å². The van der Waals surface area contributed by atoms with Crippen LogP contribution in [-0.4, -0.2) is 25.2 Å². The van der Waals surface area contributed by atoms with Gasteiger partial charge in [-0.1, -0.05) is 102 Å². The van der Waals surface area contributed by atoms with E-state index in [1.54, 1.807) is 0 Å². The molecule has 36 heavy (non-hydrogen) atoms. The van der Waals surface area contributed by atoms with Crippen molar-refractivity contribution in [2.75, 3.05) is 13.2 Å². The minimum Gasteiger partial charge on any atom is -0.466 e. The number of unbranched alkanes of at least 4 members (excludes halogenated alkanes) is 16. The molecule has 0 aliphatic heterocycles. The highest BCUT2D eigenvalue weighted by atomic mass is 16.5. The Bertz CT molecular complexity index is 490. The normalized spacial score (nSPS) is 11.5. The first kappa shape index (κ1) is 34.4. The van der Waals surface area contributed by atoms with Crippen LogP contribution in [0.1, 0.15) is 155 Å². The molecule has 0 aromatic heterocycles. The first-order valence-corrected chi connectivity index (χ1v) is 15.3. The Morgan fingerprint density at radius 2 is 0.750 bits per heavy atom. The fourth-order valence-corrected chi connectivity index (χ4v) is 4.01. The minimum absolute atomic E-state index is 0.109. The lowest BCUT2D eigenvalue weighted by atomic mass is 10.1. The van der Waals surface area contributed by atoms with E-state index in [1.165, 1.54) is 89.9 Å². The SMILES string of the molecule is CCCCCCCC/C=C/CCCCOC(=O)CCC(=O)OCCCC/C=C/CCCCCCCC. The van der Waals surface area contributed by atoms with Gasteiger partial charge in [0, 0.05) is 0 Å². The van der Waals surface area contributed by atoms with E-state index in [0.717, 1.165) is 38.5 Å². The fourth-order valence-electron chi connectivity index (χ4n) is 4.01. The molecule has 0 aliphatic carbocycles. The van der Waals surface area contributed by atoms with Crippen molar-refractivity contribution in [1.29, 1.82) is 0 Å². The predicted molar refractivity (Wildman–Crippen MR) is 153 cm³/mol. The van der Waals surface area contributed by atoms with Crippen molar-refractivity contribution >= 4 is 11.9 Å². The van der Waals surface area contributed by atoms with Crippen LogP contribution in [0.2, 0.25) is 0 Å². The van der Waals surface area contributed by atoms with Crippen LogP contribution >= 0.6 is 0 Å². The zero-order valence-electron chi connectivity index (χ0n) is 23.9. The number of esters is 2. The first-order valence-electron chi connectivity index (χ1n) is 15.3. The molecule has 0 saturated heterocycles. The van der Waals surface area contributed by atoms with Crippen molar-refractivity contribution in [3.63, 3.8) is 0 Å². The Labute approximate surface area is 223 Å². The summed E-state index contributed by atoms with van der Waals surface area (Å²) < 4.78 is 10.5. The van der Waals surface area contributed by atoms with Crippen LogP contribution in [0.25, 0.3) is 0 Å². The largest absolute Gasteiger partial charge is 0.466 e. The molecule has 210 valence electrons. The van der Waals surface area contributed by atoms with Gasteiger partial charge in [-0.3, -0.25) is 9.59 Å². The molecule has 0 amide bonds. The topological polar surface area (TPSA) is 52.6 Å². The molecule has 4 heteroatoms. The number of carbonyl (C=O) groups excluding carboxylic acids is 2. The van der Waals surface area contributed by atoms with Crippen LogP contribution in [0.3, 0.4) is 0 Å². The van der Waals surface area contributed by atoms with E-state index in [9.17, 15) is 9.59 Å². The van der Waals surface area contributed by atoms with Gasteiger partial charge in [0.05, 0.1) is 26.1 Å². The van der Waals surface area contributed by atoms with E-state index in [4.69, 9.17) is 9.47 Å². The van der Waals surface area contributed by atoms with Gasteiger partial charge in [-0.25, -0.2) is 0 Å². The lowest BCUT2D eigenvalue weighted by Gasteiger charge is -2.05. The third-order valence-corrected chi connectivity index (χ3v) is 6.37. The summed E-state index contributed by atoms with van der Waals surface area (Å²) >= 11 is 0. The van der Waals surface area contributed by atoms with Gasteiger partial charge in [-0.05, 0) is 64.2 Å². The van der Waals surface area contributed by atoms with E-state index in [-0.39, 0.29) is 24.8 Å². The molecule has 0 N–H and O–H groups in total.